The summed E-state index contributed by atoms with van der Waals surface area (Å²) >= 11 is 7.47. The van der Waals surface area contributed by atoms with E-state index in [2.05, 4.69) is 24.1 Å². The Morgan fingerprint density at radius 1 is 1.41 bits per heavy atom. The molecule has 0 spiro atoms. The molecule has 1 N–H and O–H groups in total. The van der Waals surface area contributed by atoms with Crippen molar-refractivity contribution in [3.63, 3.8) is 0 Å². The van der Waals surface area contributed by atoms with E-state index < -0.39 is 0 Å². The van der Waals surface area contributed by atoms with Crippen LogP contribution in [0.25, 0.3) is 5.69 Å². The van der Waals surface area contributed by atoms with E-state index in [9.17, 15) is 4.79 Å². The van der Waals surface area contributed by atoms with E-state index in [4.69, 9.17) is 11.6 Å². The van der Waals surface area contributed by atoms with E-state index in [1.165, 1.54) is 11.8 Å². The number of imidazole rings is 1. The van der Waals surface area contributed by atoms with Crippen molar-refractivity contribution in [2.24, 2.45) is 5.92 Å². The predicted molar refractivity (Wildman–Crippen MR) is 91.7 cm³/mol. The van der Waals surface area contributed by atoms with Crippen LogP contribution in [0, 0.1) is 5.92 Å². The standard InChI is InChI=1S/C16H20ClN3OS/c1-11(2)10-19-15(21)12(3)22-16-18-7-8-20(16)14-6-4-5-13(17)9-14/h4-9,11-12H,10H2,1-3H3,(H,19,21). The predicted octanol–water partition coefficient (Wildman–Crippen LogP) is 3.78. The molecule has 6 heteroatoms. The molecule has 0 fully saturated rings. The fraction of sp³-hybridized carbons (Fsp3) is 0.375. The van der Waals surface area contributed by atoms with Crippen molar-refractivity contribution in [2.45, 2.75) is 31.2 Å². The van der Waals surface area contributed by atoms with Gasteiger partial charge in [0, 0.05) is 29.6 Å². The lowest BCUT2D eigenvalue weighted by Crippen LogP contribution is -2.33. The van der Waals surface area contributed by atoms with Crippen molar-refractivity contribution >= 4 is 29.3 Å². The van der Waals surface area contributed by atoms with Crippen LogP contribution in [0.5, 0.6) is 0 Å². The average Bonchev–Trinajstić information content (AvgIpc) is 2.92. The summed E-state index contributed by atoms with van der Waals surface area (Å²) < 4.78 is 1.93. The number of carbonyl (C=O) groups is 1. The SMILES string of the molecule is CC(C)CNC(=O)C(C)Sc1nccn1-c1cccc(Cl)c1. The second-order valence-electron chi connectivity index (χ2n) is 5.46. The van der Waals surface area contributed by atoms with Crippen LogP contribution in [0.4, 0.5) is 0 Å². The van der Waals surface area contributed by atoms with E-state index in [-0.39, 0.29) is 11.2 Å². The molecule has 1 atom stereocenters. The number of aromatic nitrogens is 2. The van der Waals surface area contributed by atoms with Crippen molar-refractivity contribution in [2.75, 3.05) is 6.54 Å². The Morgan fingerprint density at radius 3 is 2.86 bits per heavy atom. The highest BCUT2D eigenvalue weighted by atomic mass is 35.5. The van der Waals surface area contributed by atoms with Gasteiger partial charge in [-0.15, -0.1) is 0 Å². The zero-order valence-corrected chi connectivity index (χ0v) is 14.5. The van der Waals surface area contributed by atoms with E-state index in [1.54, 1.807) is 6.20 Å². The molecule has 4 nitrogen and oxygen atoms in total. The first-order chi connectivity index (χ1) is 10.5. The quantitative estimate of drug-likeness (QED) is 0.816. The first-order valence-electron chi connectivity index (χ1n) is 7.21. The third kappa shape index (κ3) is 4.52. The monoisotopic (exact) mass is 337 g/mol. The summed E-state index contributed by atoms with van der Waals surface area (Å²) in [6.07, 6.45) is 3.59. The Morgan fingerprint density at radius 2 is 2.18 bits per heavy atom. The van der Waals surface area contributed by atoms with Crippen LogP contribution in [0.1, 0.15) is 20.8 Å². The van der Waals surface area contributed by atoms with Crippen molar-refractivity contribution in [3.05, 3.63) is 41.7 Å². The number of nitrogens with one attached hydrogen (secondary N) is 1. The van der Waals surface area contributed by atoms with Gasteiger partial charge in [-0.2, -0.15) is 0 Å². The molecule has 1 amide bonds. The molecule has 0 saturated heterocycles. The summed E-state index contributed by atoms with van der Waals surface area (Å²) in [6, 6.07) is 7.56. The number of hydrogen-bond acceptors (Lipinski definition) is 3. The molecule has 0 aliphatic heterocycles. The van der Waals surface area contributed by atoms with Gasteiger partial charge in [-0.25, -0.2) is 4.98 Å². The molecular formula is C16H20ClN3OS. The molecule has 1 aromatic heterocycles. The normalized spacial score (nSPS) is 12.4. The Bertz CT molecular complexity index is 642. The molecule has 0 bridgehead atoms. The molecular weight excluding hydrogens is 318 g/mol. The van der Waals surface area contributed by atoms with Gasteiger partial charge in [-0.3, -0.25) is 9.36 Å². The third-order valence-corrected chi connectivity index (χ3v) is 4.34. The molecule has 1 aromatic carbocycles. The smallest absolute Gasteiger partial charge is 0.233 e. The number of rotatable bonds is 6. The summed E-state index contributed by atoms with van der Waals surface area (Å²) in [5.41, 5.74) is 0.933. The molecule has 2 aromatic rings. The number of amides is 1. The van der Waals surface area contributed by atoms with Crippen molar-refractivity contribution < 1.29 is 4.79 Å². The zero-order valence-electron chi connectivity index (χ0n) is 12.9. The van der Waals surface area contributed by atoms with E-state index >= 15 is 0 Å². The Balaban J connectivity index is 2.08. The van der Waals surface area contributed by atoms with Gasteiger partial charge in [0.15, 0.2) is 5.16 Å². The van der Waals surface area contributed by atoms with E-state index in [1.807, 2.05) is 42.0 Å². The number of benzene rings is 1. The van der Waals surface area contributed by atoms with Gasteiger partial charge in [0.1, 0.15) is 0 Å². The largest absolute Gasteiger partial charge is 0.355 e. The molecule has 2 rings (SSSR count). The summed E-state index contributed by atoms with van der Waals surface area (Å²) in [5.74, 6) is 0.467. The molecule has 1 unspecified atom stereocenters. The van der Waals surface area contributed by atoms with Gasteiger partial charge < -0.3 is 5.32 Å². The maximum absolute atomic E-state index is 12.1. The van der Waals surface area contributed by atoms with Crippen LogP contribution in [-0.4, -0.2) is 27.3 Å². The lowest BCUT2D eigenvalue weighted by Gasteiger charge is -2.14. The highest BCUT2D eigenvalue weighted by Gasteiger charge is 2.17. The Hall–Kier alpha value is -1.46. The van der Waals surface area contributed by atoms with Crippen molar-refractivity contribution in [1.29, 1.82) is 0 Å². The molecule has 1 heterocycles. The Labute approximate surface area is 140 Å². The van der Waals surface area contributed by atoms with E-state index in [0.29, 0.717) is 17.5 Å². The van der Waals surface area contributed by atoms with Gasteiger partial charge in [0.05, 0.1) is 5.25 Å². The van der Waals surface area contributed by atoms with Crippen LogP contribution in [0.2, 0.25) is 5.02 Å². The van der Waals surface area contributed by atoms with Crippen LogP contribution in [-0.2, 0) is 4.79 Å². The second-order valence-corrected chi connectivity index (χ2v) is 7.20. The maximum atomic E-state index is 12.1. The topological polar surface area (TPSA) is 46.9 Å². The van der Waals surface area contributed by atoms with Gasteiger partial charge >= 0.3 is 0 Å². The van der Waals surface area contributed by atoms with Gasteiger partial charge in [-0.05, 0) is 31.0 Å². The first kappa shape index (κ1) is 16.9. The zero-order chi connectivity index (χ0) is 16.1. The van der Waals surface area contributed by atoms with Gasteiger partial charge in [-0.1, -0.05) is 43.3 Å². The summed E-state index contributed by atoms with van der Waals surface area (Å²) in [5, 5.41) is 4.18. The summed E-state index contributed by atoms with van der Waals surface area (Å²) in [7, 11) is 0. The minimum Gasteiger partial charge on any atom is -0.355 e. The minimum atomic E-state index is -0.209. The van der Waals surface area contributed by atoms with Crippen LogP contribution >= 0.6 is 23.4 Å². The molecule has 22 heavy (non-hydrogen) atoms. The number of carbonyl (C=O) groups excluding carboxylic acids is 1. The average molecular weight is 338 g/mol. The van der Waals surface area contributed by atoms with Crippen LogP contribution < -0.4 is 5.32 Å². The van der Waals surface area contributed by atoms with Crippen molar-refractivity contribution in [3.8, 4) is 5.69 Å². The third-order valence-electron chi connectivity index (χ3n) is 3.03. The van der Waals surface area contributed by atoms with Crippen LogP contribution in [0.3, 0.4) is 0 Å². The van der Waals surface area contributed by atoms with Gasteiger partial charge in [0.2, 0.25) is 5.91 Å². The molecule has 0 saturated carbocycles. The second kappa shape index (κ2) is 7.70. The van der Waals surface area contributed by atoms with E-state index in [0.717, 1.165) is 10.8 Å². The summed E-state index contributed by atoms with van der Waals surface area (Å²) in [6.45, 7) is 6.72. The number of halogens is 1. The lowest BCUT2D eigenvalue weighted by atomic mass is 10.2. The number of hydrogen-bond donors (Lipinski definition) is 1. The number of nitrogens with zero attached hydrogens (tertiary/aromatic N) is 2. The summed E-state index contributed by atoms with van der Waals surface area (Å²) in [4.78, 5) is 16.4. The van der Waals surface area contributed by atoms with Crippen LogP contribution in [0.15, 0.2) is 41.8 Å². The highest BCUT2D eigenvalue weighted by molar-refractivity contribution is 8.00. The Kier molecular flexibility index (Phi) is 5.91. The lowest BCUT2D eigenvalue weighted by molar-refractivity contribution is -0.120. The fourth-order valence-electron chi connectivity index (χ4n) is 1.86. The molecule has 118 valence electrons. The number of thioether (sulfide) groups is 1. The minimum absolute atomic E-state index is 0.0272. The maximum Gasteiger partial charge on any atom is 0.233 e. The molecule has 0 radical (unpaired) electrons. The van der Waals surface area contributed by atoms with Gasteiger partial charge in [0.25, 0.3) is 0 Å². The molecule has 0 aliphatic rings. The fourth-order valence-corrected chi connectivity index (χ4v) is 2.95. The first-order valence-corrected chi connectivity index (χ1v) is 8.46. The molecule has 0 aliphatic carbocycles. The van der Waals surface area contributed by atoms with Crippen molar-refractivity contribution in [1.82, 2.24) is 14.9 Å². The highest BCUT2D eigenvalue weighted by Crippen LogP contribution is 2.25.